The molecule has 0 aliphatic carbocycles. The van der Waals surface area contributed by atoms with Crippen LogP contribution in [0.2, 0.25) is 6.32 Å². The molecule has 1 aliphatic heterocycles. The molecule has 3 heteroatoms. The van der Waals surface area contributed by atoms with Crippen molar-refractivity contribution in [2.24, 2.45) is 0 Å². The van der Waals surface area contributed by atoms with Gasteiger partial charge in [0.1, 0.15) is 0 Å². The van der Waals surface area contributed by atoms with Crippen molar-refractivity contribution >= 4 is 7.41 Å². The lowest BCUT2D eigenvalue weighted by Gasteiger charge is -2.39. The molecule has 0 unspecified atom stereocenters. The number of rotatable bonds is 3. The Hall–Kier alpha value is -0.0151. The largest absolute Gasteiger partial charge is 0.539 e. The highest BCUT2D eigenvalue weighted by Crippen LogP contribution is 1.97. The van der Waals surface area contributed by atoms with Crippen LogP contribution in [0, 0.1) is 0 Å². The van der Waals surface area contributed by atoms with Crippen LogP contribution in [-0.2, 0) is 4.74 Å². The quantitative estimate of drug-likeness (QED) is 0.536. The lowest BCUT2D eigenvalue weighted by Crippen LogP contribution is -2.38. The van der Waals surface area contributed by atoms with E-state index < -0.39 is 0 Å². The summed E-state index contributed by atoms with van der Waals surface area (Å²) in [4.78, 5) is 2.35. The maximum absolute atomic E-state index is 5.22. The van der Waals surface area contributed by atoms with E-state index in [1.54, 1.807) is 0 Å². The van der Waals surface area contributed by atoms with E-state index in [0.717, 1.165) is 26.3 Å². The Bertz CT molecular complexity index is 83.7. The maximum Gasteiger partial charge on any atom is 0.0559 e. The van der Waals surface area contributed by atoms with Crippen LogP contribution in [0.4, 0.5) is 0 Å². The molecule has 1 aliphatic rings. The minimum atomic E-state index is 0.903. The first kappa shape index (κ1) is 8.09. The summed E-state index contributed by atoms with van der Waals surface area (Å²) in [6, 6.07) is 0. The minimum absolute atomic E-state index is 0.903. The molecule has 0 aromatic rings. The van der Waals surface area contributed by atoms with Crippen LogP contribution in [0.25, 0.3) is 0 Å². The molecule has 10 heavy (non-hydrogen) atoms. The van der Waals surface area contributed by atoms with Crippen LogP contribution in [0.5, 0.6) is 0 Å². The summed E-state index contributed by atoms with van der Waals surface area (Å²) in [6.45, 7) is 6.18. The number of hydrogen-bond acceptors (Lipinski definition) is 2. The van der Waals surface area contributed by atoms with Gasteiger partial charge in [0, 0.05) is 0 Å². The molecule has 58 valence electrons. The molecule has 0 aromatic heterocycles. The van der Waals surface area contributed by atoms with Crippen LogP contribution in [-0.4, -0.2) is 38.5 Å². The van der Waals surface area contributed by atoms with Gasteiger partial charge in [-0.05, 0) is 13.1 Å². The second-order valence-corrected chi connectivity index (χ2v) is 2.62. The molecular weight excluding hydrogens is 125 g/mol. The summed E-state index contributed by atoms with van der Waals surface area (Å²) in [5.41, 5.74) is 0. The summed E-state index contributed by atoms with van der Waals surface area (Å²) in [5.74, 6) is 0. The van der Waals surface area contributed by atoms with Crippen molar-refractivity contribution in [1.82, 2.24) is 4.81 Å². The highest BCUT2D eigenvalue weighted by molar-refractivity contribution is 6.31. The van der Waals surface area contributed by atoms with Crippen molar-refractivity contribution in [3.63, 3.8) is 0 Å². The second-order valence-electron chi connectivity index (χ2n) is 2.62. The molecule has 2 radical (unpaired) electrons. The van der Waals surface area contributed by atoms with Gasteiger partial charge in [-0.25, -0.2) is 13.7 Å². The predicted molar refractivity (Wildman–Crippen MR) is 43.2 cm³/mol. The SMILES string of the molecule is CCC[B-]N1CCOCC1. The Morgan fingerprint density at radius 1 is 1.40 bits per heavy atom. The van der Waals surface area contributed by atoms with Crippen LogP contribution >= 0.6 is 0 Å². The van der Waals surface area contributed by atoms with Gasteiger partial charge < -0.3 is 9.55 Å². The third-order valence-corrected chi connectivity index (χ3v) is 1.72. The molecular formula is C7H15BNO-. The summed E-state index contributed by atoms with van der Waals surface area (Å²) in [5, 5.41) is 0. The average molecular weight is 140 g/mol. The van der Waals surface area contributed by atoms with Crippen molar-refractivity contribution in [2.45, 2.75) is 19.7 Å². The van der Waals surface area contributed by atoms with Crippen molar-refractivity contribution in [3.8, 4) is 0 Å². The molecule has 0 saturated carbocycles. The van der Waals surface area contributed by atoms with E-state index in [9.17, 15) is 0 Å². The van der Waals surface area contributed by atoms with Crippen LogP contribution in [0.15, 0.2) is 0 Å². The van der Waals surface area contributed by atoms with Crippen molar-refractivity contribution in [1.29, 1.82) is 0 Å². The lowest BCUT2D eigenvalue weighted by atomic mass is 9.84. The Morgan fingerprint density at radius 2 is 2.10 bits per heavy atom. The van der Waals surface area contributed by atoms with Crippen molar-refractivity contribution in [2.75, 3.05) is 26.3 Å². The Kier molecular flexibility index (Phi) is 3.84. The highest BCUT2D eigenvalue weighted by Gasteiger charge is 1.98. The lowest BCUT2D eigenvalue weighted by molar-refractivity contribution is 0.0723. The fourth-order valence-corrected chi connectivity index (χ4v) is 1.07. The van der Waals surface area contributed by atoms with Crippen molar-refractivity contribution < 1.29 is 4.74 Å². The van der Waals surface area contributed by atoms with Crippen LogP contribution in [0.1, 0.15) is 13.3 Å². The third-order valence-electron chi connectivity index (χ3n) is 1.72. The summed E-state index contributed by atoms with van der Waals surface area (Å²) < 4.78 is 5.22. The van der Waals surface area contributed by atoms with E-state index in [1.165, 1.54) is 12.7 Å². The zero-order valence-electron chi connectivity index (χ0n) is 6.68. The fraction of sp³-hybridized carbons (Fsp3) is 1.00. The van der Waals surface area contributed by atoms with Crippen LogP contribution < -0.4 is 0 Å². The van der Waals surface area contributed by atoms with E-state index in [1.807, 2.05) is 0 Å². The molecule has 0 bridgehead atoms. The summed E-state index contributed by atoms with van der Waals surface area (Å²) >= 11 is 0. The molecule has 1 fully saturated rings. The summed E-state index contributed by atoms with van der Waals surface area (Å²) in [6.07, 6.45) is 2.46. The zero-order chi connectivity index (χ0) is 7.23. The van der Waals surface area contributed by atoms with Crippen molar-refractivity contribution in [3.05, 3.63) is 0 Å². The van der Waals surface area contributed by atoms with Gasteiger partial charge in [-0.3, -0.25) is 0 Å². The Morgan fingerprint density at radius 3 is 2.70 bits per heavy atom. The second kappa shape index (κ2) is 4.75. The van der Waals surface area contributed by atoms with E-state index >= 15 is 0 Å². The average Bonchev–Trinajstić information content (AvgIpc) is 2.03. The molecule has 0 aromatic carbocycles. The minimum Gasteiger partial charge on any atom is -0.539 e. The topological polar surface area (TPSA) is 12.5 Å². The first-order valence-electron chi connectivity index (χ1n) is 4.08. The Labute approximate surface area is 63.8 Å². The number of morpholine rings is 1. The van der Waals surface area contributed by atoms with E-state index in [0.29, 0.717) is 0 Å². The van der Waals surface area contributed by atoms with Gasteiger partial charge >= 0.3 is 0 Å². The zero-order valence-corrected chi connectivity index (χ0v) is 6.68. The van der Waals surface area contributed by atoms with Gasteiger partial charge in [-0.15, -0.1) is 0 Å². The van der Waals surface area contributed by atoms with Gasteiger partial charge in [0.15, 0.2) is 0 Å². The van der Waals surface area contributed by atoms with Gasteiger partial charge in [-0.1, -0.05) is 13.3 Å². The molecule has 0 amide bonds. The van der Waals surface area contributed by atoms with E-state index in [-0.39, 0.29) is 0 Å². The molecule has 1 heterocycles. The standard InChI is InChI=1S/C7H15BNO/c1-2-3-8-9-4-6-10-7-5-9/h2-7H2,1H3/q-1. The van der Waals surface area contributed by atoms with Gasteiger partial charge in [-0.2, -0.15) is 0 Å². The molecule has 2 nitrogen and oxygen atoms in total. The molecule has 1 rings (SSSR count). The monoisotopic (exact) mass is 140 g/mol. The molecule has 0 atom stereocenters. The van der Waals surface area contributed by atoms with E-state index in [4.69, 9.17) is 4.74 Å². The highest BCUT2D eigenvalue weighted by atomic mass is 16.5. The first-order chi connectivity index (χ1) is 4.93. The van der Waals surface area contributed by atoms with Gasteiger partial charge in [0.05, 0.1) is 13.2 Å². The molecule has 1 saturated heterocycles. The number of nitrogens with zero attached hydrogens (tertiary/aromatic N) is 1. The van der Waals surface area contributed by atoms with E-state index in [2.05, 4.69) is 19.1 Å². The maximum atomic E-state index is 5.22. The predicted octanol–water partition coefficient (Wildman–Crippen LogP) is 0.766. The summed E-state index contributed by atoms with van der Waals surface area (Å²) in [7, 11) is 2.29. The molecule has 0 spiro atoms. The van der Waals surface area contributed by atoms with Crippen LogP contribution in [0.3, 0.4) is 0 Å². The Balaban J connectivity index is 2.02. The normalized spacial score (nSPS) is 21.3. The first-order valence-corrected chi connectivity index (χ1v) is 4.08. The molecule has 0 N–H and O–H groups in total. The number of ether oxygens (including phenoxy) is 1. The number of hydrogen-bond donors (Lipinski definition) is 0. The van der Waals surface area contributed by atoms with Gasteiger partial charge in [0.2, 0.25) is 0 Å². The third kappa shape index (κ3) is 2.71. The smallest absolute Gasteiger partial charge is 0.0559 e. The van der Waals surface area contributed by atoms with Gasteiger partial charge in [0.25, 0.3) is 0 Å². The fourth-order valence-electron chi connectivity index (χ4n) is 1.07.